The number of hydrogen-bond donors (Lipinski definition) is 2. The van der Waals surface area contributed by atoms with Gasteiger partial charge in [-0.05, 0) is 38.8 Å². The van der Waals surface area contributed by atoms with Crippen LogP contribution < -0.4 is 10.0 Å². The Hall–Kier alpha value is -0.990. The van der Waals surface area contributed by atoms with Gasteiger partial charge >= 0.3 is 0 Å². The van der Waals surface area contributed by atoms with Gasteiger partial charge in [-0.2, -0.15) is 0 Å². The van der Waals surface area contributed by atoms with Crippen molar-refractivity contribution in [2.75, 3.05) is 47.4 Å². The van der Waals surface area contributed by atoms with Crippen LogP contribution in [0.25, 0.3) is 0 Å². The van der Waals surface area contributed by atoms with Gasteiger partial charge in [0.1, 0.15) is 0 Å². The zero-order chi connectivity index (χ0) is 15.7. The molecule has 0 saturated heterocycles. The summed E-state index contributed by atoms with van der Waals surface area (Å²) in [5.41, 5.74) is 1.04. The minimum absolute atomic E-state index is 0.272. The molecule has 1 rings (SSSR count). The topological polar surface area (TPSA) is 70.7 Å². The number of hydrogen-bond acceptors (Lipinski definition) is 5. The second-order valence-electron chi connectivity index (χ2n) is 4.99. The Morgan fingerprint density at radius 1 is 1.14 bits per heavy atom. The van der Waals surface area contributed by atoms with Crippen molar-refractivity contribution < 1.29 is 13.2 Å². The van der Waals surface area contributed by atoms with E-state index in [4.69, 9.17) is 4.74 Å². The minimum atomic E-state index is -3.46. The van der Waals surface area contributed by atoms with Crippen LogP contribution in [0, 0.1) is 0 Å². The molecule has 0 aliphatic heterocycles. The molecule has 6 nitrogen and oxygen atoms in total. The smallest absolute Gasteiger partial charge is 0.240 e. The second-order valence-corrected chi connectivity index (χ2v) is 6.75. The third kappa shape index (κ3) is 7.01. The largest absolute Gasteiger partial charge is 0.379 e. The first-order valence-electron chi connectivity index (χ1n) is 6.91. The fraction of sp³-hybridized carbons (Fsp3) is 0.571. The lowest BCUT2D eigenvalue weighted by atomic mass is 10.2. The zero-order valence-electron chi connectivity index (χ0n) is 12.9. The fourth-order valence-corrected chi connectivity index (χ4v) is 2.68. The third-order valence-corrected chi connectivity index (χ3v) is 4.31. The van der Waals surface area contributed by atoms with E-state index in [1.54, 1.807) is 24.3 Å². The van der Waals surface area contributed by atoms with Gasteiger partial charge in [-0.25, -0.2) is 13.1 Å². The van der Waals surface area contributed by atoms with E-state index in [2.05, 4.69) is 10.0 Å². The van der Waals surface area contributed by atoms with Crippen LogP contribution in [-0.4, -0.2) is 60.8 Å². The van der Waals surface area contributed by atoms with Crippen molar-refractivity contribution in [3.05, 3.63) is 29.8 Å². The van der Waals surface area contributed by atoms with Gasteiger partial charge in [0.05, 0.1) is 18.1 Å². The van der Waals surface area contributed by atoms with Crippen LogP contribution in [0.4, 0.5) is 0 Å². The molecule has 0 aromatic heterocycles. The molecule has 0 bridgehead atoms. The first-order chi connectivity index (χ1) is 9.95. The first-order valence-corrected chi connectivity index (χ1v) is 8.39. The van der Waals surface area contributed by atoms with Crippen molar-refractivity contribution in [1.82, 2.24) is 14.9 Å². The Balaban J connectivity index is 2.39. The minimum Gasteiger partial charge on any atom is -0.379 e. The predicted molar refractivity (Wildman–Crippen MR) is 83.8 cm³/mol. The van der Waals surface area contributed by atoms with E-state index >= 15 is 0 Å². The zero-order valence-corrected chi connectivity index (χ0v) is 13.7. The van der Waals surface area contributed by atoms with Crippen molar-refractivity contribution in [1.29, 1.82) is 0 Å². The van der Waals surface area contributed by atoms with Crippen LogP contribution in [0.15, 0.2) is 29.2 Å². The second kappa shape index (κ2) is 9.11. The highest BCUT2D eigenvalue weighted by Gasteiger charge is 2.12. The van der Waals surface area contributed by atoms with Crippen LogP contribution >= 0.6 is 0 Å². The lowest BCUT2D eigenvalue weighted by molar-refractivity contribution is 0.122. The SMILES string of the molecule is CNCc1ccc(S(=O)(=O)NCCOCCN(C)C)cc1. The summed E-state index contributed by atoms with van der Waals surface area (Å²) in [5, 5.41) is 3.02. The van der Waals surface area contributed by atoms with Crippen LogP contribution in [0.3, 0.4) is 0 Å². The molecule has 0 saturated carbocycles. The molecule has 0 spiro atoms. The summed E-state index contributed by atoms with van der Waals surface area (Å²) in [5.74, 6) is 0. The quantitative estimate of drug-likeness (QED) is 0.606. The summed E-state index contributed by atoms with van der Waals surface area (Å²) in [6.45, 7) is 2.76. The average molecular weight is 315 g/mol. The number of ether oxygens (including phenoxy) is 1. The summed E-state index contributed by atoms with van der Waals surface area (Å²) in [7, 11) is 2.32. The van der Waals surface area contributed by atoms with Crippen LogP contribution in [0.2, 0.25) is 0 Å². The summed E-state index contributed by atoms with van der Waals surface area (Å²) in [4.78, 5) is 2.28. The number of nitrogens with zero attached hydrogens (tertiary/aromatic N) is 1. The van der Waals surface area contributed by atoms with Gasteiger partial charge in [-0.3, -0.25) is 0 Å². The Labute approximate surface area is 127 Å². The van der Waals surface area contributed by atoms with E-state index in [-0.39, 0.29) is 11.4 Å². The Morgan fingerprint density at radius 3 is 2.38 bits per heavy atom. The highest BCUT2D eigenvalue weighted by atomic mass is 32.2. The Morgan fingerprint density at radius 2 is 1.81 bits per heavy atom. The van der Waals surface area contributed by atoms with E-state index in [1.165, 1.54) is 0 Å². The van der Waals surface area contributed by atoms with Gasteiger partial charge in [0.25, 0.3) is 0 Å². The molecule has 1 aromatic rings. The number of likely N-dealkylation sites (N-methyl/N-ethyl adjacent to an activating group) is 1. The molecule has 120 valence electrons. The maximum absolute atomic E-state index is 12.1. The summed E-state index contributed by atoms with van der Waals surface area (Å²) >= 11 is 0. The van der Waals surface area contributed by atoms with Gasteiger partial charge in [-0.15, -0.1) is 0 Å². The van der Waals surface area contributed by atoms with Crippen LogP contribution in [0.1, 0.15) is 5.56 Å². The molecule has 2 N–H and O–H groups in total. The summed E-state index contributed by atoms with van der Waals surface area (Å²) in [6, 6.07) is 6.83. The molecule has 0 aliphatic rings. The summed E-state index contributed by atoms with van der Waals surface area (Å²) in [6.07, 6.45) is 0. The maximum atomic E-state index is 12.1. The molecule has 7 heteroatoms. The highest BCUT2D eigenvalue weighted by Crippen LogP contribution is 2.10. The standard InChI is InChI=1S/C14H25N3O3S/c1-15-12-13-4-6-14(7-5-13)21(18,19)16-8-10-20-11-9-17(2)3/h4-7,15-16H,8-12H2,1-3H3. The monoisotopic (exact) mass is 315 g/mol. The highest BCUT2D eigenvalue weighted by molar-refractivity contribution is 7.89. The molecule has 0 heterocycles. The average Bonchev–Trinajstić information content (AvgIpc) is 2.43. The lowest BCUT2D eigenvalue weighted by Gasteiger charge is -2.11. The number of rotatable bonds is 10. The van der Waals surface area contributed by atoms with Crippen molar-refractivity contribution in [2.45, 2.75) is 11.4 Å². The Kier molecular flexibility index (Phi) is 7.84. The molecule has 0 amide bonds. The third-order valence-electron chi connectivity index (χ3n) is 2.84. The van der Waals surface area contributed by atoms with Crippen molar-refractivity contribution >= 4 is 10.0 Å². The molecule has 0 atom stereocenters. The molecule has 0 unspecified atom stereocenters. The molecule has 0 aliphatic carbocycles. The Bertz CT molecular complexity index is 501. The number of benzene rings is 1. The van der Waals surface area contributed by atoms with Crippen molar-refractivity contribution in [3.8, 4) is 0 Å². The van der Waals surface area contributed by atoms with E-state index in [9.17, 15) is 8.42 Å². The lowest BCUT2D eigenvalue weighted by Crippen LogP contribution is -2.28. The van der Waals surface area contributed by atoms with E-state index < -0.39 is 10.0 Å². The predicted octanol–water partition coefficient (Wildman–Crippen LogP) is 0.263. The molecule has 21 heavy (non-hydrogen) atoms. The fourth-order valence-electron chi connectivity index (χ4n) is 1.67. The molecular weight excluding hydrogens is 290 g/mol. The van der Waals surface area contributed by atoms with E-state index in [1.807, 2.05) is 26.0 Å². The molecular formula is C14H25N3O3S. The molecule has 0 fully saturated rings. The number of nitrogens with one attached hydrogen (secondary N) is 2. The van der Waals surface area contributed by atoms with Crippen molar-refractivity contribution in [2.24, 2.45) is 0 Å². The molecule has 1 aromatic carbocycles. The van der Waals surface area contributed by atoms with Gasteiger partial charge in [0.15, 0.2) is 0 Å². The summed E-state index contributed by atoms with van der Waals surface area (Å²) < 4.78 is 32.0. The van der Waals surface area contributed by atoms with Gasteiger partial charge in [0.2, 0.25) is 10.0 Å². The number of sulfonamides is 1. The van der Waals surface area contributed by atoms with Crippen LogP contribution in [0.5, 0.6) is 0 Å². The van der Waals surface area contributed by atoms with E-state index in [0.717, 1.165) is 12.1 Å². The van der Waals surface area contributed by atoms with Gasteiger partial charge in [-0.1, -0.05) is 12.1 Å². The van der Waals surface area contributed by atoms with E-state index in [0.29, 0.717) is 19.8 Å². The normalized spacial score (nSPS) is 12.0. The van der Waals surface area contributed by atoms with Crippen molar-refractivity contribution in [3.63, 3.8) is 0 Å². The van der Waals surface area contributed by atoms with Gasteiger partial charge < -0.3 is 15.0 Å². The first kappa shape index (κ1) is 18.1. The van der Waals surface area contributed by atoms with Crippen LogP contribution in [-0.2, 0) is 21.3 Å². The van der Waals surface area contributed by atoms with Gasteiger partial charge in [0, 0.05) is 19.6 Å². The molecule has 0 radical (unpaired) electrons. The maximum Gasteiger partial charge on any atom is 0.240 e.